The number of carbonyl (C=O) groups excluding carboxylic acids is 5. The van der Waals surface area contributed by atoms with Gasteiger partial charge in [-0.05, 0) is 62.8 Å². The first kappa shape index (κ1) is 20.0. The van der Waals surface area contributed by atoms with Crippen LogP contribution in [-0.4, -0.2) is 52.4 Å². The molecule has 1 fully saturated rings. The molecule has 0 saturated carbocycles. The van der Waals surface area contributed by atoms with E-state index >= 15 is 0 Å². The smallest absolute Gasteiger partial charge is 0.325 e. The van der Waals surface area contributed by atoms with Gasteiger partial charge in [-0.3, -0.25) is 24.1 Å². The van der Waals surface area contributed by atoms with Gasteiger partial charge in [0.25, 0.3) is 0 Å². The van der Waals surface area contributed by atoms with Gasteiger partial charge in [0.05, 0.1) is 12.5 Å². The zero-order chi connectivity index (χ0) is 21.4. The molecular weight excluding hydrogens is 386 g/mol. The average Bonchev–Trinajstić information content (AvgIpc) is 3.14. The maximum atomic E-state index is 12.7. The number of hydrogen-bond acceptors (Lipinski definition) is 5. The van der Waals surface area contributed by atoms with E-state index in [0.717, 1.165) is 30.6 Å². The summed E-state index contributed by atoms with van der Waals surface area (Å²) in [7, 11) is 0. The van der Waals surface area contributed by atoms with Crippen LogP contribution in [0.25, 0.3) is 0 Å². The van der Waals surface area contributed by atoms with Crippen molar-refractivity contribution in [3.8, 4) is 0 Å². The van der Waals surface area contributed by atoms with Gasteiger partial charge in [0.15, 0.2) is 5.78 Å². The molecule has 2 heterocycles. The number of fused-ring (bicyclic) bond motifs is 1. The molecule has 1 aromatic carbocycles. The largest absolute Gasteiger partial charge is 0.334 e. The number of ketones is 1. The molecule has 30 heavy (non-hydrogen) atoms. The highest BCUT2D eigenvalue weighted by Gasteiger charge is 2.45. The summed E-state index contributed by atoms with van der Waals surface area (Å²) in [6.45, 7) is 1.38. The van der Waals surface area contributed by atoms with Crippen LogP contribution in [0.1, 0.15) is 60.9 Å². The summed E-state index contributed by atoms with van der Waals surface area (Å²) in [5.74, 6) is -2.85. The zero-order valence-corrected chi connectivity index (χ0v) is 16.8. The second kappa shape index (κ2) is 7.85. The Bertz CT molecular complexity index is 996. The maximum absolute atomic E-state index is 12.7. The number of benzene rings is 1. The van der Waals surface area contributed by atoms with Crippen LogP contribution in [0.5, 0.6) is 0 Å². The van der Waals surface area contributed by atoms with E-state index in [4.69, 9.17) is 0 Å². The van der Waals surface area contributed by atoms with E-state index in [1.54, 1.807) is 25.1 Å². The van der Waals surface area contributed by atoms with Crippen molar-refractivity contribution in [3.05, 3.63) is 41.0 Å². The molecule has 2 aliphatic heterocycles. The van der Waals surface area contributed by atoms with Crippen LogP contribution < -0.4 is 5.32 Å². The number of hydrogen-bond donors (Lipinski definition) is 1. The lowest BCUT2D eigenvalue weighted by atomic mass is 9.97. The van der Waals surface area contributed by atoms with Crippen molar-refractivity contribution in [1.82, 2.24) is 9.80 Å². The Hall–Kier alpha value is -3.29. The van der Waals surface area contributed by atoms with Crippen molar-refractivity contribution in [2.24, 2.45) is 0 Å². The fourth-order valence-corrected chi connectivity index (χ4v) is 4.10. The fourth-order valence-electron chi connectivity index (χ4n) is 4.10. The molecule has 8 heteroatoms. The van der Waals surface area contributed by atoms with Gasteiger partial charge in [-0.2, -0.15) is 0 Å². The van der Waals surface area contributed by atoms with E-state index in [-0.39, 0.29) is 23.9 Å². The molecule has 4 rings (SSSR count). The molecule has 1 N–H and O–H groups in total. The summed E-state index contributed by atoms with van der Waals surface area (Å²) in [6.07, 6.45) is 6.86. The van der Waals surface area contributed by atoms with Crippen molar-refractivity contribution in [3.63, 3.8) is 0 Å². The minimum atomic E-state index is -0.975. The van der Waals surface area contributed by atoms with E-state index in [1.165, 1.54) is 5.57 Å². The topological polar surface area (TPSA) is 104 Å². The van der Waals surface area contributed by atoms with E-state index in [1.807, 2.05) is 0 Å². The summed E-state index contributed by atoms with van der Waals surface area (Å²) in [6, 6.07) is 4.02. The SMILES string of the molecule is C[C@@H]1C(=O)Nc2ccc(C(=O)CN3C(=O)C(=O)N(CCC4=CCCCC4)C3=O)cc21. The fraction of sp³-hybridized carbons (Fsp3) is 0.409. The molecule has 8 nitrogen and oxygen atoms in total. The predicted octanol–water partition coefficient (Wildman–Crippen LogP) is 2.61. The highest BCUT2D eigenvalue weighted by molar-refractivity contribution is 6.45. The number of urea groups is 1. The number of amides is 5. The van der Waals surface area contributed by atoms with Crippen LogP contribution in [0.2, 0.25) is 0 Å². The third-order valence-corrected chi connectivity index (χ3v) is 5.97. The minimum absolute atomic E-state index is 0.143. The van der Waals surface area contributed by atoms with Crippen molar-refractivity contribution < 1.29 is 24.0 Å². The molecule has 0 radical (unpaired) electrons. The second-order valence-corrected chi connectivity index (χ2v) is 7.92. The van der Waals surface area contributed by atoms with Crippen molar-refractivity contribution in [2.75, 3.05) is 18.4 Å². The number of Topliss-reactive ketones (excluding diaryl/α,β-unsaturated/α-hetero) is 1. The highest BCUT2D eigenvalue weighted by Crippen LogP contribution is 2.33. The standard InChI is InChI=1S/C22H23N3O5/c1-13-16-11-15(7-8-17(16)23-19(13)27)18(26)12-25-21(29)20(28)24(22(25)30)10-9-14-5-3-2-4-6-14/h5,7-8,11,13H,2-4,6,9-10,12H2,1H3,(H,23,27)/t13-/m0/s1. The lowest BCUT2D eigenvalue weighted by Gasteiger charge is -2.17. The number of nitrogens with one attached hydrogen (secondary N) is 1. The van der Waals surface area contributed by atoms with Crippen LogP contribution in [-0.2, 0) is 14.4 Å². The van der Waals surface area contributed by atoms with Crippen LogP contribution in [0, 0.1) is 0 Å². The Kier molecular flexibility index (Phi) is 5.24. The first-order valence-corrected chi connectivity index (χ1v) is 10.2. The van der Waals surface area contributed by atoms with E-state index in [0.29, 0.717) is 22.6 Å². The van der Waals surface area contributed by atoms with Crippen molar-refractivity contribution in [2.45, 2.75) is 44.9 Å². The number of rotatable bonds is 6. The predicted molar refractivity (Wildman–Crippen MR) is 108 cm³/mol. The van der Waals surface area contributed by atoms with Gasteiger partial charge in [0.2, 0.25) is 5.91 Å². The van der Waals surface area contributed by atoms with Gasteiger partial charge in [0.1, 0.15) is 0 Å². The molecule has 1 aliphatic carbocycles. The summed E-state index contributed by atoms with van der Waals surface area (Å²) >= 11 is 0. The van der Waals surface area contributed by atoms with E-state index in [2.05, 4.69) is 11.4 Å². The Morgan fingerprint density at radius 2 is 1.87 bits per heavy atom. The van der Waals surface area contributed by atoms with E-state index in [9.17, 15) is 24.0 Å². The van der Waals surface area contributed by atoms with E-state index < -0.39 is 30.2 Å². The lowest BCUT2D eigenvalue weighted by molar-refractivity contribution is -0.143. The molecule has 3 aliphatic rings. The van der Waals surface area contributed by atoms with Gasteiger partial charge in [-0.1, -0.05) is 11.6 Å². The Labute approximate surface area is 173 Å². The third kappa shape index (κ3) is 3.53. The molecule has 1 atom stereocenters. The van der Waals surface area contributed by atoms with Gasteiger partial charge < -0.3 is 5.32 Å². The molecule has 5 amide bonds. The summed E-state index contributed by atoms with van der Waals surface area (Å²) in [5.41, 5.74) is 2.83. The van der Waals surface area contributed by atoms with Gasteiger partial charge in [-0.25, -0.2) is 9.69 Å². The first-order valence-electron chi connectivity index (χ1n) is 10.2. The monoisotopic (exact) mass is 409 g/mol. The Morgan fingerprint density at radius 3 is 2.60 bits per heavy atom. The first-order chi connectivity index (χ1) is 14.4. The van der Waals surface area contributed by atoms with Gasteiger partial charge in [-0.15, -0.1) is 0 Å². The molecule has 0 bridgehead atoms. The zero-order valence-electron chi connectivity index (χ0n) is 16.8. The van der Waals surface area contributed by atoms with Gasteiger partial charge in [0, 0.05) is 17.8 Å². The Morgan fingerprint density at radius 1 is 1.10 bits per heavy atom. The lowest BCUT2D eigenvalue weighted by Crippen LogP contribution is -2.37. The molecule has 0 aromatic heterocycles. The minimum Gasteiger partial charge on any atom is -0.325 e. The summed E-state index contributed by atoms with van der Waals surface area (Å²) < 4.78 is 0. The van der Waals surface area contributed by atoms with Crippen molar-refractivity contribution in [1.29, 1.82) is 0 Å². The maximum Gasteiger partial charge on any atom is 0.334 e. The van der Waals surface area contributed by atoms with Crippen LogP contribution in [0.4, 0.5) is 10.5 Å². The average molecular weight is 409 g/mol. The number of allylic oxidation sites excluding steroid dienone is 1. The van der Waals surface area contributed by atoms with Gasteiger partial charge >= 0.3 is 17.8 Å². The summed E-state index contributed by atoms with van der Waals surface area (Å²) in [4.78, 5) is 63.4. The van der Waals surface area contributed by atoms with Crippen LogP contribution in [0.15, 0.2) is 29.8 Å². The molecule has 0 spiro atoms. The van der Waals surface area contributed by atoms with Crippen LogP contribution >= 0.6 is 0 Å². The quantitative estimate of drug-likeness (QED) is 0.337. The number of imide groups is 2. The van der Waals surface area contributed by atoms with Crippen LogP contribution in [0.3, 0.4) is 0 Å². The third-order valence-electron chi connectivity index (χ3n) is 5.97. The highest BCUT2D eigenvalue weighted by atomic mass is 16.2. The summed E-state index contributed by atoms with van der Waals surface area (Å²) in [5, 5.41) is 2.73. The molecule has 1 saturated heterocycles. The molecule has 0 unspecified atom stereocenters. The Balaban J connectivity index is 1.44. The molecular formula is C22H23N3O5. The normalized spacial score (nSPS) is 21.1. The number of anilines is 1. The number of nitrogens with zero attached hydrogens (tertiary/aromatic N) is 2. The number of carbonyl (C=O) groups is 5. The second-order valence-electron chi connectivity index (χ2n) is 7.92. The molecule has 1 aromatic rings. The molecule has 156 valence electrons. The van der Waals surface area contributed by atoms with Crippen molar-refractivity contribution >= 4 is 35.2 Å².